The van der Waals surface area contributed by atoms with E-state index in [2.05, 4.69) is 17.0 Å². The smallest absolute Gasteiger partial charge is 0.325 e. The molecule has 1 aromatic carbocycles. The molecule has 0 aliphatic rings. The predicted octanol–water partition coefficient (Wildman–Crippen LogP) is 3.18. The molecule has 0 atom stereocenters. The molecule has 0 heterocycles. The first-order valence-corrected chi connectivity index (χ1v) is 6.40. The van der Waals surface area contributed by atoms with Crippen LogP contribution in [0.3, 0.4) is 0 Å². The largest absolute Gasteiger partial charge is 0.337 e. The summed E-state index contributed by atoms with van der Waals surface area (Å²) in [6.45, 7) is 2.89. The maximum Gasteiger partial charge on any atom is 0.325 e. The minimum absolute atomic E-state index is 0.120. The molecule has 0 radical (unpaired) electrons. The Morgan fingerprint density at radius 3 is 2.69 bits per heavy atom. The van der Waals surface area contributed by atoms with E-state index in [1.54, 1.807) is 0 Å². The Hall–Kier alpha value is -1.16. The van der Waals surface area contributed by atoms with Gasteiger partial charge in [0, 0.05) is 11.4 Å². The number of urea groups is 1. The van der Waals surface area contributed by atoms with Crippen LogP contribution in [0.25, 0.3) is 0 Å². The molecule has 1 rings (SSSR count). The summed E-state index contributed by atoms with van der Waals surface area (Å²) in [5, 5.41) is 2.82. The van der Waals surface area contributed by atoms with Gasteiger partial charge in [-0.1, -0.05) is 38.0 Å². The lowest BCUT2D eigenvalue weighted by Gasteiger charge is -2.06. The molecule has 2 amide bonds. The van der Waals surface area contributed by atoms with Gasteiger partial charge in [0.25, 0.3) is 0 Å². The monoisotopic (exact) mass is 238 g/mol. The normalized spacial score (nSPS) is 9.81. The summed E-state index contributed by atoms with van der Waals surface area (Å²) in [5.41, 5.74) is 0. The standard InChI is InChI=1S/C12H18N2OS/c1-2-3-7-10-13-12(15)14-16-11-8-5-4-6-9-11/h4-6,8-9H,2-3,7,10H2,1H3,(H2,13,14,15). The molecule has 0 unspecified atom stereocenters. The molecule has 16 heavy (non-hydrogen) atoms. The first-order chi connectivity index (χ1) is 7.83. The Morgan fingerprint density at radius 2 is 2.00 bits per heavy atom. The van der Waals surface area contributed by atoms with E-state index in [4.69, 9.17) is 0 Å². The Kier molecular flexibility index (Phi) is 6.49. The van der Waals surface area contributed by atoms with E-state index in [1.807, 2.05) is 30.3 Å². The Morgan fingerprint density at radius 1 is 1.25 bits per heavy atom. The average molecular weight is 238 g/mol. The van der Waals surface area contributed by atoms with Crippen LogP contribution in [-0.4, -0.2) is 12.6 Å². The Balaban J connectivity index is 2.11. The van der Waals surface area contributed by atoms with Crippen molar-refractivity contribution in [2.24, 2.45) is 0 Å². The lowest BCUT2D eigenvalue weighted by molar-refractivity contribution is 0.246. The van der Waals surface area contributed by atoms with Crippen LogP contribution < -0.4 is 10.0 Å². The van der Waals surface area contributed by atoms with Crippen molar-refractivity contribution < 1.29 is 4.79 Å². The van der Waals surface area contributed by atoms with Gasteiger partial charge in [-0.2, -0.15) is 0 Å². The molecule has 0 bridgehead atoms. The zero-order valence-electron chi connectivity index (χ0n) is 9.53. The second kappa shape index (κ2) is 8.05. The zero-order chi connectivity index (χ0) is 11.6. The van der Waals surface area contributed by atoms with Gasteiger partial charge in [-0.05, 0) is 30.5 Å². The lowest BCUT2D eigenvalue weighted by Crippen LogP contribution is -2.31. The molecular formula is C12H18N2OS. The third kappa shape index (κ3) is 5.66. The molecule has 0 saturated heterocycles. The number of carbonyl (C=O) groups is 1. The summed E-state index contributed by atoms with van der Waals surface area (Å²) in [4.78, 5) is 12.4. The summed E-state index contributed by atoms with van der Waals surface area (Å²) in [6, 6.07) is 9.65. The van der Waals surface area contributed by atoms with E-state index >= 15 is 0 Å². The van der Waals surface area contributed by atoms with Crippen molar-refractivity contribution in [1.82, 2.24) is 10.0 Å². The van der Waals surface area contributed by atoms with Crippen molar-refractivity contribution >= 4 is 18.0 Å². The molecule has 4 heteroatoms. The minimum Gasteiger partial charge on any atom is -0.337 e. The number of amides is 2. The van der Waals surface area contributed by atoms with Crippen molar-refractivity contribution in [2.45, 2.75) is 31.1 Å². The van der Waals surface area contributed by atoms with Gasteiger partial charge >= 0.3 is 6.03 Å². The van der Waals surface area contributed by atoms with Crippen LogP contribution in [0, 0.1) is 0 Å². The highest BCUT2D eigenvalue weighted by atomic mass is 32.2. The molecule has 1 aromatic rings. The molecular weight excluding hydrogens is 220 g/mol. The molecule has 0 aliphatic carbocycles. The van der Waals surface area contributed by atoms with Gasteiger partial charge in [0.15, 0.2) is 0 Å². The molecule has 0 aliphatic heterocycles. The van der Waals surface area contributed by atoms with Gasteiger partial charge in [-0.15, -0.1) is 0 Å². The third-order valence-electron chi connectivity index (χ3n) is 2.07. The van der Waals surface area contributed by atoms with Crippen LogP contribution in [0.2, 0.25) is 0 Å². The fraction of sp³-hybridized carbons (Fsp3) is 0.417. The fourth-order valence-corrected chi connectivity index (χ4v) is 1.78. The van der Waals surface area contributed by atoms with Crippen molar-refractivity contribution in [3.05, 3.63) is 30.3 Å². The lowest BCUT2D eigenvalue weighted by atomic mass is 10.2. The maximum atomic E-state index is 11.3. The topological polar surface area (TPSA) is 41.1 Å². The van der Waals surface area contributed by atoms with E-state index in [0.29, 0.717) is 0 Å². The van der Waals surface area contributed by atoms with E-state index in [-0.39, 0.29) is 6.03 Å². The molecule has 0 saturated carbocycles. The van der Waals surface area contributed by atoms with E-state index < -0.39 is 0 Å². The maximum absolute atomic E-state index is 11.3. The highest BCUT2D eigenvalue weighted by molar-refractivity contribution is 7.98. The van der Waals surface area contributed by atoms with Crippen molar-refractivity contribution in [2.75, 3.05) is 6.54 Å². The molecule has 0 fully saturated rings. The molecule has 2 N–H and O–H groups in total. The van der Waals surface area contributed by atoms with Crippen LogP contribution in [-0.2, 0) is 0 Å². The number of hydrogen-bond acceptors (Lipinski definition) is 2. The SMILES string of the molecule is CCCCCNC(=O)NSc1ccccc1. The van der Waals surface area contributed by atoms with E-state index in [0.717, 1.165) is 24.3 Å². The predicted molar refractivity (Wildman–Crippen MR) is 68.4 cm³/mol. The molecule has 0 aromatic heterocycles. The first-order valence-electron chi connectivity index (χ1n) is 5.58. The number of carbonyl (C=O) groups excluding carboxylic acids is 1. The molecule has 0 spiro atoms. The van der Waals surface area contributed by atoms with Crippen LogP contribution >= 0.6 is 11.9 Å². The number of unbranched alkanes of at least 4 members (excludes halogenated alkanes) is 2. The van der Waals surface area contributed by atoms with Crippen LogP contribution in [0.1, 0.15) is 26.2 Å². The summed E-state index contributed by atoms with van der Waals surface area (Å²) in [6.07, 6.45) is 3.37. The molecule has 88 valence electrons. The van der Waals surface area contributed by atoms with Crippen LogP contribution in [0.4, 0.5) is 4.79 Å². The van der Waals surface area contributed by atoms with Crippen LogP contribution in [0.5, 0.6) is 0 Å². The number of benzene rings is 1. The quantitative estimate of drug-likeness (QED) is 0.590. The van der Waals surface area contributed by atoms with Gasteiger partial charge in [0.2, 0.25) is 0 Å². The van der Waals surface area contributed by atoms with Gasteiger partial charge < -0.3 is 5.32 Å². The second-order valence-electron chi connectivity index (χ2n) is 3.48. The number of nitrogens with one attached hydrogen (secondary N) is 2. The first kappa shape index (κ1) is 12.9. The Labute approximate surface area is 101 Å². The minimum atomic E-state index is -0.120. The zero-order valence-corrected chi connectivity index (χ0v) is 10.3. The molecule has 3 nitrogen and oxygen atoms in total. The van der Waals surface area contributed by atoms with Crippen LogP contribution in [0.15, 0.2) is 35.2 Å². The van der Waals surface area contributed by atoms with Crippen molar-refractivity contribution in [3.8, 4) is 0 Å². The summed E-state index contributed by atoms with van der Waals surface area (Å²) < 4.78 is 2.74. The number of hydrogen-bond donors (Lipinski definition) is 2. The van der Waals surface area contributed by atoms with E-state index in [9.17, 15) is 4.79 Å². The van der Waals surface area contributed by atoms with Crippen molar-refractivity contribution in [1.29, 1.82) is 0 Å². The summed E-state index contributed by atoms with van der Waals surface area (Å²) in [5.74, 6) is 0. The third-order valence-corrected chi connectivity index (χ3v) is 2.87. The number of rotatable bonds is 6. The van der Waals surface area contributed by atoms with Gasteiger partial charge in [0.1, 0.15) is 0 Å². The van der Waals surface area contributed by atoms with Crippen molar-refractivity contribution in [3.63, 3.8) is 0 Å². The van der Waals surface area contributed by atoms with Gasteiger partial charge in [-0.25, -0.2) is 4.79 Å². The summed E-state index contributed by atoms with van der Waals surface area (Å²) >= 11 is 1.33. The highest BCUT2D eigenvalue weighted by Gasteiger charge is 1.99. The fourth-order valence-electron chi connectivity index (χ4n) is 1.21. The van der Waals surface area contributed by atoms with E-state index in [1.165, 1.54) is 18.4 Å². The Bertz CT molecular complexity index is 303. The summed E-state index contributed by atoms with van der Waals surface area (Å²) in [7, 11) is 0. The second-order valence-corrected chi connectivity index (χ2v) is 4.36. The highest BCUT2D eigenvalue weighted by Crippen LogP contribution is 2.12. The van der Waals surface area contributed by atoms with Gasteiger partial charge in [-0.3, -0.25) is 4.72 Å². The van der Waals surface area contributed by atoms with Gasteiger partial charge in [0.05, 0.1) is 0 Å². The average Bonchev–Trinajstić information content (AvgIpc) is 2.33.